The van der Waals surface area contributed by atoms with Gasteiger partial charge in [0, 0.05) is 17.3 Å². The molecule has 0 bridgehead atoms. The molecule has 0 saturated carbocycles. The first-order chi connectivity index (χ1) is 9.85. The van der Waals surface area contributed by atoms with E-state index in [1.807, 2.05) is 0 Å². The van der Waals surface area contributed by atoms with Crippen LogP contribution in [0.25, 0.3) is 0 Å². The third-order valence-electron chi connectivity index (χ3n) is 2.31. The normalized spacial score (nSPS) is 10.0. The highest BCUT2D eigenvalue weighted by Crippen LogP contribution is 2.30. The summed E-state index contributed by atoms with van der Waals surface area (Å²) < 4.78 is 0. The third-order valence-corrected chi connectivity index (χ3v) is 3.30. The zero-order valence-corrected chi connectivity index (χ0v) is 13.7. The number of benzene rings is 1. The topological polar surface area (TPSA) is 78.4 Å². The standard InChI is InChI=1S/C12H11Cl3N2O3S/c13-3-1-2-9(18)16-12(21)17-10-7(11(19)20)4-6(14)5-8(10)15/h4-5H,1-3H2,(H,19,20)(H2,16,17,18,21). The van der Waals surface area contributed by atoms with E-state index in [4.69, 9.17) is 52.1 Å². The van der Waals surface area contributed by atoms with Crippen molar-refractivity contribution in [1.29, 1.82) is 0 Å². The molecule has 0 saturated heterocycles. The zero-order valence-electron chi connectivity index (χ0n) is 10.6. The molecule has 0 radical (unpaired) electrons. The van der Waals surface area contributed by atoms with E-state index in [1.54, 1.807) is 0 Å². The molecule has 1 aromatic rings. The number of rotatable bonds is 5. The van der Waals surface area contributed by atoms with Gasteiger partial charge < -0.3 is 15.7 Å². The summed E-state index contributed by atoms with van der Waals surface area (Å²) in [6.07, 6.45) is 0.726. The predicted octanol–water partition coefficient (Wildman–Crippen LogP) is 3.52. The van der Waals surface area contributed by atoms with Crippen molar-refractivity contribution in [2.45, 2.75) is 12.8 Å². The van der Waals surface area contributed by atoms with Crippen LogP contribution in [0.1, 0.15) is 23.2 Å². The summed E-state index contributed by atoms with van der Waals surface area (Å²) in [7, 11) is 0. The van der Waals surface area contributed by atoms with E-state index in [-0.39, 0.29) is 38.7 Å². The maximum atomic E-state index is 11.5. The van der Waals surface area contributed by atoms with Gasteiger partial charge in [-0.05, 0) is 30.8 Å². The monoisotopic (exact) mass is 368 g/mol. The summed E-state index contributed by atoms with van der Waals surface area (Å²) in [4.78, 5) is 22.7. The van der Waals surface area contributed by atoms with Crippen LogP contribution in [0.4, 0.5) is 5.69 Å². The molecule has 0 unspecified atom stereocenters. The Kier molecular flexibility index (Phi) is 7.17. The van der Waals surface area contributed by atoms with Crippen molar-refractivity contribution < 1.29 is 14.7 Å². The molecule has 0 aromatic heterocycles. The highest BCUT2D eigenvalue weighted by Gasteiger charge is 2.16. The summed E-state index contributed by atoms with van der Waals surface area (Å²) in [6, 6.07) is 2.60. The van der Waals surface area contributed by atoms with Crippen molar-refractivity contribution in [3.8, 4) is 0 Å². The van der Waals surface area contributed by atoms with E-state index in [0.29, 0.717) is 12.3 Å². The van der Waals surface area contributed by atoms with Crippen LogP contribution in [0.15, 0.2) is 12.1 Å². The quantitative estimate of drug-likeness (QED) is 0.547. The molecule has 0 fully saturated rings. The summed E-state index contributed by atoms with van der Waals surface area (Å²) >= 11 is 22.1. The highest BCUT2D eigenvalue weighted by molar-refractivity contribution is 7.80. The number of carbonyl (C=O) groups excluding carboxylic acids is 1. The SMILES string of the molecule is O=C(CCCCl)NC(=S)Nc1c(Cl)cc(Cl)cc1C(=O)O. The number of halogens is 3. The number of carboxylic acid groups (broad SMARTS) is 1. The maximum absolute atomic E-state index is 11.5. The Labute approximate surface area is 141 Å². The average Bonchev–Trinajstić information content (AvgIpc) is 2.38. The second kappa shape index (κ2) is 8.38. The van der Waals surface area contributed by atoms with Gasteiger partial charge in [0.15, 0.2) is 5.11 Å². The van der Waals surface area contributed by atoms with E-state index in [2.05, 4.69) is 10.6 Å². The van der Waals surface area contributed by atoms with Gasteiger partial charge in [0.05, 0.1) is 16.3 Å². The van der Waals surface area contributed by atoms with Gasteiger partial charge in [-0.2, -0.15) is 0 Å². The number of alkyl halides is 1. The first kappa shape index (κ1) is 18.0. The van der Waals surface area contributed by atoms with Crippen LogP contribution in [0.2, 0.25) is 10.0 Å². The molecule has 1 amide bonds. The summed E-state index contributed by atoms with van der Waals surface area (Å²) in [5.41, 5.74) is -0.0823. The number of nitrogens with one attached hydrogen (secondary N) is 2. The lowest BCUT2D eigenvalue weighted by molar-refractivity contribution is -0.119. The summed E-state index contributed by atoms with van der Waals surface area (Å²) in [5, 5.41) is 14.3. The fourth-order valence-electron chi connectivity index (χ4n) is 1.43. The Bertz CT molecular complexity index is 581. The zero-order chi connectivity index (χ0) is 16.0. The number of hydrogen-bond acceptors (Lipinski definition) is 3. The molecule has 1 rings (SSSR count). The molecule has 0 atom stereocenters. The number of carbonyl (C=O) groups is 2. The van der Waals surface area contributed by atoms with Crippen LogP contribution in [0.3, 0.4) is 0 Å². The number of thiocarbonyl (C=S) groups is 1. The van der Waals surface area contributed by atoms with E-state index >= 15 is 0 Å². The largest absolute Gasteiger partial charge is 0.478 e. The van der Waals surface area contributed by atoms with E-state index in [0.717, 1.165) is 0 Å². The maximum Gasteiger partial charge on any atom is 0.337 e. The van der Waals surface area contributed by atoms with Gasteiger partial charge in [0.25, 0.3) is 0 Å². The molecule has 21 heavy (non-hydrogen) atoms. The number of hydrogen-bond donors (Lipinski definition) is 3. The van der Waals surface area contributed by atoms with Crippen molar-refractivity contribution in [2.75, 3.05) is 11.2 Å². The number of amides is 1. The molecule has 3 N–H and O–H groups in total. The first-order valence-corrected chi connectivity index (χ1v) is 7.44. The van der Waals surface area contributed by atoms with Crippen molar-refractivity contribution in [3.63, 3.8) is 0 Å². The van der Waals surface area contributed by atoms with Crippen LogP contribution in [0.5, 0.6) is 0 Å². The van der Waals surface area contributed by atoms with Crippen LogP contribution in [-0.2, 0) is 4.79 Å². The molecule has 114 valence electrons. The first-order valence-electron chi connectivity index (χ1n) is 5.74. The Morgan fingerprint density at radius 1 is 1.29 bits per heavy atom. The fraction of sp³-hybridized carbons (Fsp3) is 0.250. The number of anilines is 1. The highest BCUT2D eigenvalue weighted by atomic mass is 35.5. The fourth-order valence-corrected chi connectivity index (χ4v) is 2.32. The molecule has 0 heterocycles. The minimum absolute atomic E-state index is 0.0544. The minimum atomic E-state index is -1.22. The second-order valence-electron chi connectivity index (χ2n) is 3.91. The molecule has 0 spiro atoms. The third kappa shape index (κ3) is 5.67. The number of aromatic carboxylic acids is 1. The van der Waals surface area contributed by atoms with E-state index in [1.165, 1.54) is 12.1 Å². The molecule has 1 aromatic carbocycles. The molecular formula is C12H11Cl3N2O3S. The van der Waals surface area contributed by atoms with E-state index < -0.39 is 5.97 Å². The molecule has 9 heteroatoms. The van der Waals surface area contributed by atoms with Crippen LogP contribution in [0, 0.1) is 0 Å². The Morgan fingerprint density at radius 3 is 2.52 bits per heavy atom. The van der Waals surface area contributed by atoms with Crippen molar-refractivity contribution in [1.82, 2.24) is 5.32 Å². The van der Waals surface area contributed by atoms with Crippen LogP contribution in [-0.4, -0.2) is 28.0 Å². The lowest BCUT2D eigenvalue weighted by Crippen LogP contribution is -2.34. The predicted molar refractivity (Wildman–Crippen MR) is 87.7 cm³/mol. The molecular weight excluding hydrogens is 359 g/mol. The van der Waals surface area contributed by atoms with Crippen LogP contribution < -0.4 is 10.6 Å². The van der Waals surface area contributed by atoms with Crippen molar-refractivity contribution >= 4 is 69.7 Å². The van der Waals surface area contributed by atoms with Gasteiger partial charge in [0.2, 0.25) is 5.91 Å². The van der Waals surface area contributed by atoms with Gasteiger partial charge in [-0.3, -0.25) is 4.79 Å². The van der Waals surface area contributed by atoms with Gasteiger partial charge in [-0.25, -0.2) is 4.79 Å². The minimum Gasteiger partial charge on any atom is -0.478 e. The van der Waals surface area contributed by atoms with Gasteiger partial charge in [-0.1, -0.05) is 23.2 Å². The summed E-state index contributed by atoms with van der Waals surface area (Å²) in [6.45, 7) is 0. The lowest BCUT2D eigenvalue weighted by atomic mass is 10.2. The summed E-state index contributed by atoms with van der Waals surface area (Å²) in [5.74, 6) is -1.19. The molecule has 0 aliphatic carbocycles. The Hall–Kier alpha value is -1.08. The van der Waals surface area contributed by atoms with E-state index in [9.17, 15) is 9.59 Å². The Morgan fingerprint density at radius 2 is 1.95 bits per heavy atom. The van der Waals surface area contributed by atoms with Crippen molar-refractivity contribution in [2.24, 2.45) is 0 Å². The van der Waals surface area contributed by atoms with Gasteiger partial charge >= 0.3 is 5.97 Å². The second-order valence-corrected chi connectivity index (χ2v) is 5.54. The van der Waals surface area contributed by atoms with Crippen molar-refractivity contribution in [3.05, 3.63) is 27.7 Å². The smallest absolute Gasteiger partial charge is 0.337 e. The lowest BCUT2D eigenvalue weighted by Gasteiger charge is -2.13. The van der Waals surface area contributed by atoms with Crippen LogP contribution >= 0.6 is 47.0 Å². The molecule has 5 nitrogen and oxygen atoms in total. The number of carboxylic acids is 1. The molecule has 0 aliphatic rings. The van der Waals surface area contributed by atoms with Gasteiger partial charge in [0.1, 0.15) is 0 Å². The van der Waals surface area contributed by atoms with Gasteiger partial charge in [-0.15, -0.1) is 11.6 Å². The Balaban J connectivity index is 2.85. The molecule has 0 aliphatic heterocycles. The average molecular weight is 370 g/mol.